The molecule has 300 valence electrons. The van der Waals surface area contributed by atoms with Crippen LogP contribution in [0.5, 0.6) is 0 Å². The van der Waals surface area contributed by atoms with Crippen LogP contribution in [0.3, 0.4) is 0 Å². The molecule has 0 aliphatic carbocycles. The lowest BCUT2D eigenvalue weighted by Gasteiger charge is -2.25. The van der Waals surface area contributed by atoms with E-state index in [1.807, 2.05) is 54.6 Å². The first-order valence-corrected chi connectivity index (χ1v) is 20.0. The molecule has 3 N–H and O–H groups in total. The predicted octanol–water partition coefficient (Wildman–Crippen LogP) is 13.4. The summed E-state index contributed by atoms with van der Waals surface area (Å²) in [6, 6.07) is 93.8. The van der Waals surface area contributed by atoms with Crippen LogP contribution in [0.4, 0.5) is 51.2 Å². The van der Waals surface area contributed by atoms with Crippen LogP contribution in [-0.4, -0.2) is 22.4 Å². The quantitative estimate of drug-likeness (QED) is 0.126. The number of rotatable bonds is 9. The number of anilines is 9. The molecule has 6 nitrogen and oxygen atoms in total. The highest BCUT2D eigenvalue weighted by molar-refractivity contribution is 6.30. The summed E-state index contributed by atoms with van der Waals surface area (Å²) in [5.74, 6) is 0. The van der Waals surface area contributed by atoms with E-state index in [-0.39, 0.29) is 0 Å². The molecule has 0 unspecified atom stereocenters. The second-order valence-corrected chi connectivity index (χ2v) is 13.4. The van der Waals surface area contributed by atoms with Crippen LogP contribution in [0, 0.1) is 0 Å². The third-order valence-electron chi connectivity index (χ3n) is 9.13. The van der Waals surface area contributed by atoms with Gasteiger partial charge in [-0.15, -0.1) is 0 Å². The molecule has 0 heterocycles. The average Bonchev–Trinajstić information content (AvgIpc) is 3.33. The number of para-hydroxylation sites is 9. The summed E-state index contributed by atoms with van der Waals surface area (Å²) >= 11 is 0. The number of hydrogen-bond donors (Lipinski definition) is 3. The molecule has 0 bridgehead atoms. The molecule has 0 saturated carbocycles. The van der Waals surface area contributed by atoms with Crippen molar-refractivity contribution in [2.75, 3.05) is 14.7 Å². The maximum Gasteiger partial charge on any atom is 0.631 e. The summed E-state index contributed by atoms with van der Waals surface area (Å²) in [5, 5.41) is 21.5. The first kappa shape index (κ1) is 42.9. The molecular weight excluding hydrogens is 749 g/mol. The number of hydrogen-bond acceptors (Lipinski definition) is 6. The van der Waals surface area contributed by atoms with Gasteiger partial charge in [0.25, 0.3) is 0 Å². The second kappa shape index (κ2) is 23.7. The molecule has 9 aromatic carbocycles. The SMILES string of the molecule is OB(O)O.c1ccc(N(c2ccccc2)c2ccccc2)cc1.c1ccc(N(c2ccccc2)c2ccccc2)cc1.c1ccc(N(c2ccccc2)c2ccccc2)cc1. The Kier molecular flexibility index (Phi) is 16.6. The van der Waals surface area contributed by atoms with Crippen molar-refractivity contribution in [1.29, 1.82) is 0 Å². The van der Waals surface area contributed by atoms with Crippen molar-refractivity contribution in [3.8, 4) is 0 Å². The van der Waals surface area contributed by atoms with Gasteiger partial charge in [0.15, 0.2) is 0 Å². The normalized spacial score (nSPS) is 9.89. The smallest absolute Gasteiger partial charge is 0.402 e. The molecule has 7 heteroatoms. The predicted molar refractivity (Wildman–Crippen MR) is 256 cm³/mol. The minimum atomic E-state index is -2.17. The molecule has 0 amide bonds. The zero-order valence-electron chi connectivity index (χ0n) is 33.7. The van der Waals surface area contributed by atoms with E-state index in [2.05, 4.69) is 233 Å². The van der Waals surface area contributed by atoms with Crippen LogP contribution in [0.15, 0.2) is 273 Å². The Balaban J connectivity index is 0.000000146. The van der Waals surface area contributed by atoms with Crippen molar-refractivity contribution in [1.82, 2.24) is 0 Å². The van der Waals surface area contributed by atoms with Gasteiger partial charge in [-0.1, -0.05) is 164 Å². The van der Waals surface area contributed by atoms with Gasteiger partial charge in [-0.2, -0.15) is 0 Å². The van der Waals surface area contributed by atoms with Crippen LogP contribution in [-0.2, 0) is 0 Å². The zero-order chi connectivity index (χ0) is 42.3. The highest BCUT2D eigenvalue weighted by Gasteiger charge is 2.13. The summed E-state index contributed by atoms with van der Waals surface area (Å²) in [6.45, 7) is 0. The highest BCUT2D eigenvalue weighted by Crippen LogP contribution is 2.36. The fourth-order valence-corrected chi connectivity index (χ4v) is 6.54. The molecule has 0 atom stereocenters. The van der Waals surface area contributed by atoms with Crippen molar-refractivity contribution < 1.29 is 15.1 Å². The maximum atomic E-state index is 7.17. The van der Waals surface area contributed by atoms with Gasteiger partial charge in [0.1, 0.15) is 0 Å². The van der Waals surface area contributed by atoms with Gasteiger partial charge >= 0.3 is 7.32 Å². The topological polar surface area (TPSA) is 70.4 Å². The highest BCUT2D eigenvalue weighted by atomic mass is 16.5. The molecule has 0 fully saturated rings. The van der Waals surface area contributed by atoms with E-state index >= 15 is 0 Å². The van der Waals surface area contributed by atoms with Gasteiger partial charge < -0.3 is 29.8 Å². The molecule has 61 heavy (non-hydrogen) atoms. The lowest BCUT2D eigenvalue weighted by Crippen LogP contribution is -2.09. The maximum absolute atomic E-state index is 7.17. The van der Waals surface area contributed by atoms with E-state index in [0.29, 0.717) is 0 Å². The Morgan fingerprint density at radius 3 is 0.344 bits per heavy atom. The molecule has 0 spiro atoms. The minimum Gasteiger partial charge on any atom is -0.402 e. The first-order valence-electron chi connectivity index (χ1n) is 20.0. The monoisotopic (exact) mass is 797 g/mol. The Hall–Kier alpha value is -7.68. The van der Waals surface area contributed by atoms with Gasteiger partial charge in [-0.25, -0.2) is 0 Å². The summed E-state index contributed by atoms with van der Waals surface area (Å²) in [4.78, 5) is 6.75. The molecule has 9 rings (SSSR count). The van der Waals surface area contributed by atoms with Crippen LogP contribution in [0.1, 0.15) is 0 Å². The van der Waals surface area contributed by atoms with Gasteiger partial charge in [0, 0.05) is 51.2 Å². The molecule has 0 radical (unpaired) electrons. The Morgan fingerprint density at radius 2 is 0.262 bits per heavy atom. The van der Waals surface area contributed by atoms with Gasteiger partial charge in [0.2, 0.25) is 0 Å². The van der Waals surface area contributed by atoms with Crippen LogP contribution >= 0.6 is 0 Å². The van der Waals surface area contributed by atoms with E-state index in [0.717, 1.165) is 0 Å². The van der Waals surface area contributed by atoms with E-state index in [1.165, 1.54) is 51.2 Å². The van der Waals surface area contributed by atoms with Crippen LogP contribution in [0.2, 0.25) is 0 Å². The van der Waals surface area contributed by atoms with Crippen LogP contribution < -0.4 is 14.7 Å². The summed E-state index contributed by atoms with van der Waals surface area (Å²) in [6.07, 6.45) is 0. The Bertz CT molecular complexity index is 1930. The fraction of sp³-hybridized carbons (Fsp3) is 0. The molecule has 0 aliphatic rings. The third-order valence-corrected chi connectivity index (χ3v) is 9.13. The van der Waals surface area contributed by atoms with Crippen LogP contribution in [0.25, 0.3) is 0 Å². The van der Waals surface area contributed by atoms with Gasteiger partial charge in [-0.3, -0.25) is 0 Å². The molecular formula is C54H48BN3O3. The summed E-state index contributed by atoms with van der Waals surface area (Å²) in [7, 11) is -2.17. The molecule has 0 aliphatic heterocycles. The van der Waals surface area contributed by atoms with Crippen molar-refractivity contribution in [3.63, 3.8) is 0 Å². The summed E-state index contributed by atoms with van der Waals surface area (Å²) in [5.41, 5.74) is 10.5. The minimum absolute atomic E-state index is 1.17. The number of benzene rings is 9. The Labute approximate surface area is 359 Å². The molecule has 9 aromatic rings. The lowest BCUT2D eigenvalue weighted by molar-refractivity contribution is 0.278. The molecule has 0 aromatic heterocycles. The average molecular weight is 798 g/mol. The van der Waals surface area contributed by atoms with E-state index < -0.39 is 7.32 Å². The van der Waals surface area contributed by atoms with E-state index in [9.17, 15) is 0 Å². The lowest BCUT2D eigenvalue weighted by atomic mass is 10.2. The first-order chi connectivity index (χ1) is 30.1. The van der Waals surface area contributed by atoms with Gasteiger partial charge in [-0.05, 0) is 109 Å². The second-order valence-electron chi connectivity index (χ2n) is 13.4. The third kappa shape index (κ3) is 13.2. The standard InChI is InChI=1S/3C18H15N.BH3O3/c3*1-4-10-16(11-5-1)19(17-12-6-2-7-13-17)18-14-8-3-9-15-18;2-1(3)4/h3*1-15H;2-4H. The van der Waals surface area contributed by atoms with E-state index in [1.54, 1.807) is 0 Å². The Morgan fingerprint density at radius 1 is 0.180 bits per heavy atom. The van der Waals surface area contributed by atoms with Crippen molar-refractivity contribution in [2.45, 2.75) is 0 Å². The summed E-state index contributed by atoms with van der Waals surface area (Å²) < 4.78 is 0. The van der Waals surface area contributed by atoms with E-state index in [4.69, 9.17) is 15.1 Å². The fourth-order valence-electron chi connectivity index (χ4n) is 6.54. The number of nitrogens with zero attached hydrogens (tertiary/aromatic N) is 3. The zero-order valence-corrected chi connectivity index (χ0v) is 33.7. The van der Waals surface area contributed by atoms with Crippen molar-refractivity contribution in [2.24, 2.45) is 0 Å². The van der Waals surface area contributed by atoms with Crippen molar-refractivity contribution in [3.05, 3.63) is 273 Å². The van der Waals surface area contributed by atoms with Gasteiger partial charge in [0.05, 0.1) is 0 Å². The largest absolute Gasteiger partial charge is 0.631 e. The molecule has 0 saturated heterocycles. The van der Waals surface area contributed by atoms with Crippen molar-refractivity contribution >= 4 is 58.5 Å².